The van der Waals surface area contributed by atoms with Crippen LogP contribution in [0.2, 0.25) is 0 Å². The number of nitrogens with one attached hydrogen (secondary N) is 1. The average molecular weight is 333 g/mol. The third-order valence-corrected chi connectivity index (χ3v) is 3.45. The van der Waals surface area contributed by atoms with Crippen LogP contribution in [0.5, 0.6) is 0 Å². The first-order valence-electron chi connectivity index (χ1n) is 6.92. The maximum atomic E-state index is 13.0. The van der Waals surface area contributed by atoms with E-state index in [1.54, 1.807) is 24.3 Å². The molecule has 23 heavy (non-hydrogen) atoms. The molecule has 0 aliphatic rings. The van der Waals surface area contributed by atoms with Gasteiger partial charge in [0.1, 0.15) is 11.6 Å². The minimum absolute atomic E-state index is 0.211. The van der Waals surface area contributed by atoms with Gasteiger partial charge in [0.15, 0.2) is 0 Å². The Bertz CT molecular complexity index is 751. The van der Waals surface area contributed by atoms with Crippen LogP contribution in [-0.2, 0) is 9.09 Å². The summed E-state index contributed by atoms with van der Waals surface area (Å²) in [5.41, 5.74) is 1.00. The van der Waals surface area contributed by atoms with Crippen molar-refractivity contribution in [2.45, 2.75) is 0 Å². The van der Waals surface area contributed by atoms with Crippen LogP contribution in [0.1, 0.15) is 15.9 Å². The van der Waals surface area contributed by atoms with Crippen molar-refractivity contribution in [2.24, 2.45) is 0 Å². The molecular weight excluding hydrogens is 316 g/mol. The molecule has 0 unspecified atom stereocenters. The fraction of sp³-hybridized carbons (Fsp3) is 0.118. The second-order valence-electron chi connectivity index (χ2n) is 5.20. The van der Waals surface area contributed by atoms with Crippen LogP contribution in [0.25, 0.3) is 5.76 Å². The molecule has 6 heteroatoms. The summed E-state index contributed by atoms with van der Waals surface area (Å²) < 4.78 is 30.4. The van der Waals surface area contributed by atoms with Crippen molar-refractivity contribution in [3.05, 3.63) is 77.7 Å². The minimum Gasteiger partial charge on any atom is -0.441 e. The Labute approximate surface area is 134 Å². The minimum atomic E-state index is -2.84. The van der Waals surface area contributed by atoms with E-state index in [9.17, 15) is 13.8 Å². The van der Waals surface area contributed by atoms with Gasteiger partial charge in [-0.1, -0.05) is 18.2 Å². The first kappa shape index (κ1) is 17.0. The van der Waals surface area contributed by atoms with Gasteiger partial charge in [-0.05, 0) is 36.4 Å². The largest absolute Gasteiger partial charge is 0.441 e. The molecule has 2 aromatic rings. The highest BCUT2D eigenvalue weighted by atomic mass is 31.2. The predicted octanol–water partition coefficient (Wildman–Crippen LogP) is 4.11. The van der Waals surface area contributed by atoms with Gasteiger partial charge in [0, 0.05) is 30.7 Å². The van der Waals surface area contributed by atoms with Gasteiger partial charge in [0.2, 0.25) is 7.37 Å². The molecule has 0 aliphatic carbocycles. The zero-order valence-electron chi connectivity index (χ0n) is 12.8. The molecule has 0 atom stereocenters. The Kier molecular flexibility index (Phi) is 5.35. The molecule has 2 aromatic carbocycles. The highest BCUT2D eigenvalue weighted by Crippen LogP contribution is 2.42. The Morgan fingerprint density at radius 1 is 1.04 bits per heavy atom. The molecule has 0 spiro atoms. The summed E-state index contributed by atoms with van der Waals surface area (Å²) in [5, 5.41) is 2.59. The van der Waals surface area contributed by atoms with Crippen molar-refractivity contribution < 1.29 is 18.3 Å². The van der Waals surface area contributed by atoms with E-state index in [0.29, 0.717) is 11.1 Å². The molecule has 0 fully saturated rings. The normalized spacial score (nSPS) is 11.9. The Balaban J connectivity index is 2.24. The predicted molar refractivity (Wildman–Crippen MR) is 88.8 cm³/mol. The smallest absolute Gasteiger partial charge is 0.255 e. The standard InChI is InChI=1S/C17H17FNO3P/c1-23(2,21)22-16(13-8-10-15(18)11-9-13)12-19-17(20)14-6-4-3-5-7-14/h3-12H,1-2H3,(H,19,20). The lowest BCUT2D eigenvalue weighted by Crippen LogP contribution is -2.17. The molecule has 4 nitrogen and oxygen atoms in total. The summed E-state index contributed by atoms with van der Waals surface area (Å²) in [5.74, 6) is -0.504. The van der Waals surface area contributed by atoms with Gasteiger partial charge in [0.25, 0.3) is 5.91 Å². The second-order valence-corrected chi connectivity index (χ2v) is 7.88. The highest BCUT2D eigenvalue weighted by molar-refractivity contribution is 7.57. The summed E-state index contributed by atoms with van der Waals surface area (Å²) in [6.07, 6.45) is 1.34. The zero-order chi connectivity index (χ0) is 16.9. The lowest BCUT2D eigenvalue weighted by Gasteiger charge is -2.14. The Morgan fingerprint density at radius 3 is 2.22 bits per heavy atom. The van der Waals surface area contributed by atoms with Crippen molar-refractivity contribution in [1.82, 2.24) is 5.32 Å². The number of amides is 1. The van der Waals surface area contributed by atoms with E-state index in [4.69, 9.17) is 4.52 Å². The van der Waals surface area contributed by atoms with E-state index < -0.39 is 13.2 Å². The maximum Gasteiger partial charge on any atom is 0.255 e. The third-order valence-electron chi connectivity index (χ3n) is 2.82. The maximum absolute atomic E-state index is 13.0. The molecule has 1 N–H and O–H groups in total. The third kappa shape index (κ3) is 5.38. The van der Waals surface area contributed by atoms with Crippen LogP contribution in [0.15, 0.2) is 60.8 Å². The molecule has 0 heterocycles. The lowest BCUT2D eigenvalue weighted by molar-refractivity contribution is 0.0969. The van der Waals surface area contributed by atoms with E-state index >= 15 is 0 Å². The zero-order valence-corrected chi connectivity index (χ0v) is 13.7. The van der Waals surface area contributed by atoms with Gasteiger partial charge in [-0.25, -0.2) is 4.39 Å². The van der Waals surface area contributed by atoms with Crippen LogP contribution in [0.3, 0.4) is 0 Å². The Morgan fingerprint density at radius 2 is 1.65 bits per heavy atom. The first-order valence-corrected chi connectivity index (χ1v) is 9.44. The average Bonchev–Trinajstić information content (AvgIpc) is 2.52. The molecule has 0 bridgehead atoms. The number of hydrogen-bond donors (Lipinski definition) is 1. The van der Waals surface area contributed by atoms with Crippen molar-refractivity contribution in [3.8, 4) is 0 Å². The fourth-order valence-electron chi connectivity index (χ4n) is 1.82. The van der Waals surface area contributed by atoms with Crippen LogP contribution in [0, 0.1) is 5.82 Å². The molecule has 120 valence electrons. The summed E-state index contributed by atoms with van der Waals surface area (Å²) >= 11 is 0. The van der Waals surface area contributed by atoms with Gasteiger partial charge in [-0.2, -0.15) is 0 Å². The monoisotopic (exact) mass is 333 g/mol. The lowest BCUT2D eigenvalue weighted by atomic mass is 10.2. The topological polar surface area (TPSA) is 55.4 Å². The van der Waals surface area contributed by atoms with E-state index in [1.165, 1.54) is 43.8 Å². The summed E-state index contributed by atoms with van der Waals surface area (Å²) in [7, 11) is -2.84. The molecule has 0 radical (unpaired) electrons. The number of benzene rings is 2. The summed E-state index contributed by atoms with van der Waals surface area (Å²) in [6.45, 7) is 2.92. The van der Waals surface area contributed by atoms with Crippen LogP contribution >= 0.6 is 7.37 Å². The molecule has 0 saturated carbocycles. The molecule has 1 amide bonds. The van der Waals surface area contributed by atoms with E-state index in [-0.39, 0.29) is 11.7 Å². The van der Waals surface area contributed by atoms with E-state index in [2.05, 4.69) is 5.32 Å². The first-order chi connectivity index (χ1) is 10.8. The van der Waals surface area contributed by atoms with Crippen molar-refractivity contribution in [3.63, 3.8) is 0 Å². The Hall–Kier alpha value is -2.39. The van der Waals surface area contributed by atoms with Gasteiger partial charge in [0.05, 0.1) is 0 Å². The quantitative estimate of drug-likeness (QED) is 0.662. The van der Waals surface area contributed by atoms with Crippen LogP contribution < -0.4 is 5.32 Å². The SMILES string of the molecule is CP(C)(=O)OC(=CNC(=O)c1ccccc1)c1ccc(F)cc1. The number of hydrogen-bond acceptors (Lipinski definition) is 3. The molecule has 0 aromatic heterocycles. The van der Waals surface area contributed by atoms with Crippen LogP contribution in [0.4, 0.5) is 4.39 Å². The van der Waals surface area contributed by atoms with Gasteiger partial charge in [-0.15, -0.1) is 0 Å². The fourth-order valence-corrected chi connectivity index (χ4v) is 2.45. The highest BCUT2D eigenvalue weighted by Gasteiger charge is 2.14. The van der Waals surface area contributed by atoms with Gasteiger partial charge in [-0.3, -0.25) is 9.36 Å². The summed E-state index contributed by atoms with van der Waals surface area (Å²) in [6, 6.07) is 14.2. The van der Waals surface area contributed by atoms with Crippen molar-refractivity contribution in [2.75, 3.05) is 13.3 Å². The van der Waals surface area contributed by atoms with Gasteiger partial charge >= 0.3 is 0 Å². The summed E-state index contributed by atoms with van der Waals surface area (Å²) in [4.78, 5) is 12.1. The number of carbonyl (C=O) groups is 1. The van der Waals surface area contributed by atoms with Gasteiger partial charge < -0.3 is 9.84 Å². The number of carbonyl (C=O) groups excluding carboxylic acids is 1. The van der Waals surface area contributed by atoms with Crippen molar-refractivity contribution >= 4 is 19.0 Å². The second kappa shape index (κ2) is 7.25. The number of halogens is 1. The van der Waals surface area contributed by atoms with E-state index in [1.807, 2.05) is 6.07 Å². The molecule has 0 saturated heterocycles. The van der Waals surface area contributed by atoms with Crippen LogP contribution in [-0.4, -0.2) is 19.2 Å². The molecular formula is C17H17FNO3P. The number of rotatable bonds is 5. The molecule has 2 rings (SSSR count). The van der Waals surface area contributed by atoms with Crippen molar-refractivity contribution in [1.29, 1.82) is 0 Å². The van der Waals surface area contributed by atoms with E-state index in [0.717, 1.165) is 0 Å². The molecule has 0 aliphatic heterocycles.